The molecule has 4 rings (SSSR count). The summed E-state index contributed by atoms with van der Waals surface area (Å²) < 4.78 is 30.1. The molecular weight excluding hydrogens is 403 g/mol. The summed E-state index contributed by atoms with van der Waals surface area (Å²) in [7, 11) is 2.42. The van der Waals surface area contributed by atoms with Gasteiger partial charge in [0.05, 0.1) is 25.4 Å². The molecule has 2 aromatic carbocycles. The number of nitrogens with zero attached hydrogens (tertiary/aromatic N) is 2. The number of oxazole rings is 1. The first-order chi connectivity index (χ1) is 15.0. The summed E-state index contributed by atoms with van der Waals surface area (Å²) in [5.74, 6) is -1.94. The number of rotatable bonds is 4. The van der Waals surface area contributed by atoms with Crippen LogP contribution >= 0.6 is 0 Å². The fourth-order valence-corrected chi connectivity index (χ4v) is 3.18. The van der Waals surface area contributed by atoms with Gasteiger partial charge in [0.1, 0.15) is 17.0 Å². The molecule has 0 amide bonds. The van der Waals surface area contributed by atoms with Gasteiger partial charge in [-0.3, -0.25) is 0 Å². The second-order valence-corrected chi connectivity index (χ2v) is 6.47. The van der Waals surface area contributed by atoms with Crippen LogP contribution in [0.3, 0.4) is 0 Å². The predicted molar refractivity (Wildman–Crippen MR) is 111 cm³/mol. The Labute approximate surface area is 176 Å². The number of methoxy groups -OCH3 is 2. The molecule has 0 radical (unpaired) electrons. The molecule has 3 aromatic rings. The van der Waals surface area contributed by atoms with E-state index in [0.717, 1.165) is 0 Å². The van der Waals surface area contributed by atoms with Gasteiger partial charge in [-0.05, 0) is 42.5 Å². The minimum atomic E-state index is -0.760. The molecule has 7 nitrogen and oxygen atoms in total. The van der Waals surface area contributed by atoms with Crippen LogP contribution in [0.15, 0.2) is 82.6 Å². The largest absolute Gasteiger partial charge is 0.465 e. The molecular formula is C23H17FN2O5. The molecule has 0 saturated carbocycles. The van der Waals surface area contributed by atoms with Gasteiger partial charge in [0.25, 0.3) is 0 Å². The van der Waals surface area contributed by atoms with Crippen molar-refractivity contribution in [1.82, 2.24) is 4.98 Å². The lowest BCUT2D eigenvalue weighted by atomic mass is 10.1. The maximum Gasteiger partial charge on any atom is 0.355 e. The summed E-state index contributed by atoms with van der Waals surface area (Å²) in [6.45, 7) is 0. The molecule has 156 valence electrons. The van der Waals surface area contributed by atoms with Crippen LogP contribution in [0.25, 0.3) is 22.6 Å². The van der Waals surface area contributed by atoms with Crippen LogP contribution in [-0.4, -0.2) is 31.1 Å². The van der Waals surface area contributed by atoms with E-state index < -0.39 is 17.8 Å². The predicted octanol–water partition coefficient (Wildman–Crippen LogP) is 4.12. The summed E-state index contributed by atoms with van der Waals surface area (Å²) in [5.41, 5.74) is 1.51. The Morgan fingerprint density at radius 2 is 1.81 bits per heavy atom. The van der Waals surface area contributed by atoms with E-state index in [9.17, 15) is 14.0 Å². The number of benzene rings is 2. The van der Waals surface area contributed by atoms with Crippen LogP contribution in [0, 0.1) is 5.82 Å². The third kappa shape index (κ3) is 3.71. The van der Waals surface area contributed by atoms with Gasteiger partial charge in [0, 0.05) is 11.9 Å². The zero-order chi connectivity index (χ0) is 22.0. The molecule has 1 aliphatic rings. The lowest BCUT2D eigenvalue weighted by Crippen LogP contribution is -2.27. The van der Waals surface area contributed by atoms with Gasteiger partial charge < -0.3 is 18.8 Å². The van der Waals surface area contributed by atoms with Crippen LogP contribution in [0.2, 0.25) is 0 Å². The zero-order valence-electron chi connectivity index (χ0n) is 16.7. The smallest absolute Gasteiger partial charge is 0.355 e. The van der Waals surface area contributed by atoms with Gasteiger partial charge >= 0.3 is 11.9 Å². The summed E-state index contributed by atoms with van der Waals surface area (Å²) in [5, 5.41) is 0. The first-order valence-electron chi connectivity index (χ1n) is 9.24. The molecule has 0 N–H and O–H groups in total. The van der Waals surface area contributed by atoms with Crippen molar-refractivity contribution >= 4 is 28.7 Å². The first-order valence-corrected chi connectivity index (χ1v) is 9.24. The Morgan fingerprint density at radius 3 is 2.55 bits per heavy atom. The van der Waals surface area contributed by atoms with E-state index in [2.05, 4.69) is 4.98 Å². The number of allylic oxidation sites excluding steroid dienone is 2. The topological polar surface area (TPSA) is 81.9 Å². The summed E-state index contributed by atoms with van der Waals surface area (Å²) in [6.07, 6.45) is 6.21. The highest BCUT2D eigenvalue weighted by Gasteiger charge is 2.28. The lowest BCUT2D eigenvalue weighted by Gasteiger charge is -2.23. The highest BCUT2D eigenvalue weighted by Crippen LogP contribution is 2.33. The van der Waals surface area contributed by atoms with Gasteiger partial charge in [-0.1, -0.05) is 18.2 Å². The van der Waals surface area contributed by atoms with Crippen molar-refractivity contribution in [1.29, 1.82) is 0 Å². The van der Waals surface area contributed by atoms with Crippen LogP contribution in [-0.2, 0) is 19.1 Å². The average Bonchev–Trinajstić information content (AvgIpc) is 3.10. The Bertz CT molecular complexity index is 1240. The summed E-state index contributed by atoms with van der Waals surface area (Å²) in [6, 6.07) is 11.3. The number of ether oxygens (including phenoxy) is 2. The van der Waals surface area contributed by atoms with Crippen molar-refractivity contribution in [3.63, 3.8) is 0 Å². The Hall–Kier alpha value is -4.20. The fraction of sp³-hybridized carbons (Fsp3) is 0.0870. The summed E-state index contributed by atoms with van der Waals surface area (Å²) in [4.78, 5) is 30.6. The van der Waals surface area contributed by atoms with Crippen molar-refractivity contribution in [2.75, 3.05) is 19.1 Å². The number of carbonyl (C=O) groups is 2. The van der Waals surface area contributed by atoms with E-state index in [4.69, 9.17) is 13.9 Å². The number of fused-ring (bicyclic) bond motifs is 1. The lowest BCUT2D eigenvalue weighted by molar-refractivity contribution is -0.139. The van der Waals surface area contributed by atoms with Crippen molar-refractivity contribution < 1.29 is 27.9 Å². The van der Waals surface area contributed by atoms with Crippen molar-refractivity contribution in [3.05, 3.63) is 84.0 Å². The Morgan fingerprint density at radius 1 is 1.03 bits per heavy atom. The van der Waals surface area contributed by atoms with Crippen LogP contribution in [0.1, 0.15) is 0 Å². The first kappa shape index (κ1) is 20.1. The monoisotopic (exact) mass is 420 g/mol. The number of hydrogen-bond donors (Lipinski definition) is 0. The minimum Gasteiger partial charge on any atom is -0.465 e. The van der Waals surface area contributed by atoms with Crippen molar-refractivity contribution in [2.24, 2.45) is 0 Å². The number of anilines is 1. The summed E-state index contributed by atoms with van der Waals surface area (Å²) >= 11 is 0. The quantitative estimate of drug-likeness (QED) is 0.587. The Kier molecular flexibility index (Phi) is 5.36. The fourth-order valence-electron chi connectivity index (χ4n) is 3.18. The number of para-hydroxylation sites is 2. The second kappa shape index (κ2) is 8.27. The highest BCUT2D eigenvalue weighted by atomic mass is 19.1. The van der Waals surface area contributed by atoms with E-state index in [1.54, 1.807) is 42.6 Å². The number of hydrogen-bond acceptors (Lipinski definition) is 7. The zero-order valence-corrected chi connectivity index (χ0v) is 16.7. The molecule has 0 unspecified atom stereocenters. The molecule has 0 saturated heterocycles. The van der Waals surface area contributed by atoms with E-state index in [1.165, 1.54) is 43.4 Å². The van der Waals surface area contributed by atoms with Crippen LogP contribution < -0.4 is 4.90 Å². The van der Waals surface area contributed by atoms with Gasteiger partial charge in [0.15, 0.2) is 5.58 Å². The van der Waals surface area contributed by atoms with Crippen molar-refractivity contribution in [2.45, 2.75) is 0 Å². The third-order valence-electron chi connectivity index (χ3n) is 4.64. The molecule has 2 heterocycles. The molecule has 0 atom stereocenters. The van der Waals surface area contributed by atoms with Gasteiger partial charge in [0.2, 0.25) is 5.89 Å². The SMILES string of the molecule is COC(=O)C1=C(C(=O)OC)N(c2ccc(F)c(-c3nc4ccccc4o3)c2)C=CC=C1. The molecule has 0 spiro atoms. The minimum absolute atomic E-state index is 0.00733. The standard InChI is InChI=1S/C23H17FN2O5/c1-29-22(27)15-7-5-6-12-26(20(15)23(28)30-2)14-10-11-17(24)16(13-14)21-25-18-8-3-4-9-19(18)31-21/h3-13H,1-2H3. The number of esters is 2. The molecule has 0 fully saturated rings. The van der Waals surface area contributed by atoms with Crippen LogP contribution in [0.5, 0.6) is 0 Å². The van der Waals surface area contributed by atoms with Crippen LogP contribution in [0.4, 0.5) is 10.1 Å². The van der Waals surface area contributed by atoms with E-state index >= 15 is 0 Å². The third-order valence-corrected chi connectivity index (χ3v) is 4.64. The second-order valence-electron chi connectivity index (χ2n) is 6.47. The highest BCUT2D eigenvalue weighted by molar-refractivity contribution is 6.05. The Balaban J connectivity index is 1.87. The molecule has 8 heteroatoms. The van der Waals surface area contributed by atoms with Crippen molar-refractivity contribution in [3.8, 4) is 11.5 Å². The maximum absolute atomic E-state index is 14.7. The maximum atomic E-state index is 14.7. The van der Waals surface area contributed by atoms with Gasteiger partial charge in [-0.2, -0.15) is 0 Å². The number of aromatic nitrogens is 1. The molecule has 0 bridgehead atoms. The number of halogens is 1. The van der Waals surface area contributed by atoms with Gasteiger partial charge in [-0.25, -0.2) is 19.0 Å². The van der Waals surface area contributed by atoms with E-state index in [1.807, 2.05) is 0 Å². The molecule has 0 aliphatic carbocycles. The van der Waals surface area contributed by atoms with E-state index in [-0.39, 0.29) is 22.7 Å². The normalized spacial score (nSPS) is 13.5. The number of carbonyl (C=O) groups excluding carboxylic acids is 2. The molecule has 1 aliphatic heterocycles. The van der Waals surface area contributed by atoms with Gasteiger partial charge in [-0.15, -0.1) is 0 Å². The molecule has 31 heavy (non-hydrogen) atoms. The average molecular weight is 420 g/mol. The molecule has 1 aromatic heterocycles. The van der Waals surface area contributed by atoms with E-state index in [0.29, 0.717) is 16.8 Å².